The van der Waals surface area contributed by atoms with Crippen molar-refractivity contribution in [1.82, 2.24) is 0 Å². The smallest absolute Gasteiger partial charge is 0.153 e. The molecule has 6 heteroatoms. The molecule has 0 radical (unpaired) electrons. The Morgan fingerprint density at radius 2 is 2.25 bits per heavy atom. The van der Waals surface area contributed by atoms with Gasteiger partial charge in [0.05, 0.1) is 18.4 Å². The lowest BCUT2D eigenvalue weighted by Crippen LogP contribution is -2.47. The standard InChI is InChI=1S/C14H18N2O3S/c1-19-12-6-3-5-11(9-12)16-14(10-15)8-4-7-13(14)20(2,17)18/h3,5-6,9,13,16H,4,7-8H2,1-2H3. The fraction of sp³-hybridized carbons (Fsp3) is 0.500. The van der Waals surface area contributed by atoms with Gasteiger partial charge in [0.15, 0.2) is 9.84 Å². The van der Waals surface area contributed by atoms with Crippen molar-refractivity contribution in [1.29, 1.82) is 5.26 Å². The molecule has 0 amide bonds. The van der Waals surface area contributed by atoms with E-state index in [1.54, 1.807) is 31.4 Å². The van der Waals surface area contributed by atoms with Crippen molar-refractivity contribution in [2.45, 2.75) is 30.1 Å². The maximum atomic E-state index is 11.9. The highest BCUT2D eigenvalue weighted by Gasteiger charge is 2.48. The summed E-state index contributed by atoms with van der Waals surface area (Å²) in [5.74, 6) is 0.664. The Morgan fingerprint density at radius 3 is 2.85 bits per heavy atom. The number of ether oxygens (including phenoxy) is 1. The first kappa shape index (κ1) is 14.7. The molecule has 0 saturated heterocycles. The monoisotopic (exact) mass is 294 g/mol. The topological polar surface area (TPSA) is 79.2 Å². The molecule has 0 bridgehead atoms. The van der Waals surface area contributed by atoms with Gasteiger partial charge in [-0.2, -0.15) is 5.26 Å². The van der Waals surface area contributed by atoms with Gasteiger partial charge in [0.25, 0.3) is 0 Å². The third-order valence-corrected chi connectivity index (χ3v) is 5.41. The van der Waals surface area contributed by atoms with E-state index in [4.69, 9.17) is 4.74 Å². The van der Waals surface area contributed by atoms with Gasteiger partial charge >= 0.3 is 0 Å². The van der Waals surface area contributed by atoms with Gasteiger partial charge in [-0.3, -0.25) is 0 Å². The van der Waals surface area contributed by atoms with E-state index in [2.05, 4.69) is 11.4 Å². The molecule has 1 fully saturated rings. The third kappa shape index (κ3) is 2.73. The number of nitrogens with zero attached hydrogens (tertiary/aromatic N) is 1. The van der Waals surface area contributed by atoms with Gasteiger partial charge in [0.2, 0.25) is 0 Å². The van der Waals surface area contributed by atoms with Crippen LogP contribution in [0.4, 0.5) is 5.69 Å². The molecule has 1 aliphatic rings. The Bertz CT molecular complexity index is 636. The number of rotatable bonds is 4. The van der Waals surface area contributed by atoms with E-state index < -0.39 is 20.6 Å². The van der Waals surface area contributed by atoms with Gasteiger partial charge in [0, 0.05) is 18.0 Å². The molecule has 1 aromatic carbocycles. The average molecular weight is 294 g/mol. The Labute approximate surface area is 119 Å². The van der Waals surface area contributed by atoms with Crippen molar-refractivity contribution in [3.05, 3.63) is 24.3 Å². The van der Waals surface area contributed by atoms with Crippen LogP contribution in [0.2, 0.25) is 0 Å². The molecule has 0 aromatic heterocycles. The minimum atomic E-state index is -3.27. The molecule has 2 rings (SSSR count). The van der Waals surface area contributed by atoms with Gasteiger partial charge in [-0.25, -0.2) is 8.42 Å². The molecule has 1 aliphatic carbocycles. The second-order valence-corrected chi connectivity index (χ2v) is 7.38. The van der Waals surface area contributed by atoms with Crippen LogP contribution < -0.4 is 10.1 Å². The number of benzene rings is 1. The molecular weight excluding hydrogens is 276 g/mol. The zero-order chi connectivity index (χ0) is 14.8. The summed E-state index contributed by atoms with van der Waals surface area (Å²) in [6.45, 7) is 0. The van der Waals surface area contributed by atoms with Crippen LogP contribution in [0.15, 0.2) is 24.3 Å². The summed E-state index contributed by atoms with van der Waals surface area (Å²) in [6.07, 6.45) is 2.96. The van der Waals surface area contributed by atoms with Crippen LogP contribution in [0.5, 0.6) is 5.75 Å². The van der Waals surface area contributed by atoms with Gasteiger partial charge in [-0.05, 0) is 31.4 Å². The number of hydrogen-bond acceptors (Lipinski definition) is 5. The number of nitriles is 1. The summed E-state index contributed by atoms with van der Waals surface area (Å²) in [5.41, 5.74) is -0.360. The summed E-state index contributed by atoms with van der Waals surface area (Å²) < 4.78 is 28.9. The Balaban J connectivity index is 2.35. The molecular formula is C14H18N2O3S. The zero-order valence-corrected chi connectivity index (χ0v) is 12.4. The predicted octanol–water partition coefficient (Wildman–Crippen LogP) is 1.97. The zero-order valence-electron chi connectivity index (χ0n) is 11.6. The maximum Gasteiger partial charge on any atom is 0.153 e. The molecule has 1 aromatic rings. The average Bonchev–Trinajstić information content (AvgIpc) is 2.83. The first-order valence-corrected chi connectivity index (χ1v) is 8.39. The maximum absolute atomic E-state index is 11.9. The van der Waals surface area contributed by atoms with Gasteiger partial charge in [-0.1, -0.05) is 6.07 Å². The van der Waals surface area contributed by atoms with E-state index in [0.29, 0.717) is 24.3 Å². The van der Waals surface area contributed by atoms with Crippen molar-refractivity contribution < 1.29 is 13.2 Å². The summed E-state index contributed by atoms with van der Waals surface area (Å²) in [7, 11) is -1.71. The lowest BCUT2D eigenvalue weighted by Gasteiger charge is -2.29. The number of nitrogens with one attached hydrogen (secondary N) is 1. The van der Waals surface area contributed by atoms with Crippen molar-refractivity contribution in [2.75, 3.05) is 18.7 Å². The molecule has 1 N–H and O–H groups in total. The predicted molar refractivity (Wildman–Crippen MR) is 77.4 cm³/mol. The van der Waals surface area contributed by atoms with E-state index in [1.165, 1.54) is 6.26 Å². The van der Waals surface area contributed by atoms with Crippen LogP contribution in [-0.4, -0.2) is 32.6 Å². The molecule has 2 atom stereocenters. The van der Waals surface area contributed by atoms with E-state index in [0.717, 1.165) is 6.42 Å². The fourth-order valence-corrected chi connectivity index (χ4v) is 4.37. The lowest BCUT2D eigenvalue weighted by molar-refractivity contribution is 0.415. The summed E-state index contributed by atoms with van der Waals surface area (Å²) >= 11 is 0. The molecule has 0 heterocycles. The van der Waals surface area contributed by atoms with Gasteiger partial charge in [0.1, 0.15) is 11.3 Å². The number of anilines is 1. The van der Waals surface area contributed by atoms with E-state index in [9.17, 15) is 13.7 Å². The first-order valence-electron chi connectivity index (χ1n) is 6.44. The van der Waals surface area contributed by atoms with Crippen LogP contribution >= 0.6 is 0 Å². The van der Waals surface area contributed by atoms with Crippen molar-refractivity contribution in [3.63, 3.8) is 0 Å². The number of sulfone groups is 1. The largest absolute Gasteiger partial charge is 0.497 e. The summed E-state index contributed by atoms with van der Waals surface area (Å²) in [4.78, 5) is 0. The molecule has 1 saturated carbocycles. The second-order valence-electron chi connectivity index (χ2n) is 5.15. The summed E-state index contributed by atoms with van der Waals surface area (Å²) in [6, 6.07) is 9.36. The van der Waals surface area contributed by atoms with Crippen LogP contribution in [0.25, 0.3) is 0 Å². The first-order chi connectivity index (χ1) is 9.41. The van der Waals surface area contributed by atoms with Crippen molar-refractivity contribution in [3.8, 4) is 11.8 Å². The second kappa shape index (κ2) is 5.33. The highest BCUT2D eigenvalue weighted by molar-refractivity contribution is 7.91. The van der Waals surface area contributed by atoms with E-state index >= 15 is 0 Å². The highest BCUT2D eigenvalue weighted by atomic mass is 32.2. The van der Waals surface area contributed by atoms with Crippen LogP contribution in [0.1, 0.15) is 19.3 Å². The highest BCUT2D eigenvalue weighted by Crippen LogP contribution is 2.37. The Hall–Kier alpha value is -1.74. The van der Waals surface area contributed by atoms with Gasteiger partial charge < -0.3 is 10.1 Å². The van der Waals surface area contributed by atoms with Crippen molar-refractivity contribution in [2.24, 2.45) is 0 Å². The molecule has 0 aliphatic heterocycles. The van der Waals surface area contributed by atoms with E-state index in [1.807, 2.05) is 0 Å². The van der Waals surface area contributed by atoms with Crippen LogP contribution in [0.3, 0.4) is 0 Å². The molecule has 0 spiro atoms. The quantitative estimate of drug-likeness (QED) is 0.918. The van der Waals surface area contributed by atoms with Crippen LogP contribution in [0, 0.1) is 11.3 Å². The molecule has 2 unspecified atom stereocenters. The molecule has 20 heavy (non-hydrogen) atoms. The van der Waals surface area contributed by atoms with Crippen molar-refractivity contribution >= 4 is 15.5 Å². The lowest BCUT2D eigenvalue weighted by atomic mass is 9.98. The SMILES string of the molecule is COc1cccc(NC2(C#N)CCCC2S(C)(=O)=O)c1. The number of hydrogen-bond donors (Lipinski definition) is 1. The summed E-state index contributed by atoms with van der Waals surface area (Å²) in [5, 5.41) is 12.0. The Kier molecular flexibility index (Phi) is 3.91. The van der Waals surface area contributed by atoms with E-state index in [-0.39, 0.29) is 0 Å². The minimum Gasteiger partial charge on any atom is -0.497 e. The molecule has 108 valence electrons. The minimum absolute atomic E-state index is 0.517. The normalized spacial score (nSPS) is 25.9. The fourth-order valence-electron chi connectivity index (χ4n) is 2.81. The third-order valence-electron chi connectivity index (χ3n) is 3.74. The van der Waals surface area contributed by atoms with Gasteiger partial charge in [-0.15, -0.1) is 0 Å². The van der Waals surface area contributed by atoms with Crippen LogP contribution in [-0.2, 0) is 9.84 Å². The molecule has 5 nitrogen and oxygen atoms in total. The number of methoxy groups -OCH3 is 1. The Morgan fingerprint density at radius 1 is 1.50 bits per heavy atom.